The van der Waals surface area contributed by atoms with Crippen LogP contribution in [0.5, 0.6) is 0 Å². The predicted octanol–water partition coefficient (Wildman–Crippen LogP) is 3.71. The molecule has 3 atom stereocenters. The molecule has 0 saturated carbocycles. The summed E-state index contributed by atoms with van der Waals surface area (Å²) < 4.78 is 63.4. The molecule has 1 aromatic carbocycles. The first-order chi connectivity index (χ1) is 14.8. The largest absolute Gasteiger partial charge is 0.467 e. The minimum Gasteiger partial charge on any atom is -0.467 e. The third-order valence-corrected chi connectivity index (χ3v) is 6.08. The number of halogens is 5. The first-order valence-electron chi connectivity index (χ1n) is 9.54. The van der Waals surface area contributed by atoms with Crippen molar-refractivity contribution in [1.29, 1.82) is 0 Å². The van der Waals surface area contributed by atoms with E-state index in [1.165, 1.54) is 24.3 Å². The van der Waals surface area contributed by atoms with Gasteiger partial charge in [-0.2, -0.15) is 13.2 Å². The summed E-state index contributed by atoms with van der Waals surface area (Å²) in [6.45, 7) is 2.31. The summed E-state index contributed by atoms with van der Waals surface area (Å²) in [4.78, 5) is 25.0. The van der Waals surface area contributed by atoms with E-state index in [1.807, 2.05) is 0 Å². The Kier molecular flexibility index (Phi) is 8.64. The van der Waals surface area contributed by atoms with Crippen LogP contribution in [-0.4, -0.2) is 54.4 Å². The zero-order valence-electron chi connectivity index (χ0n) is 17.6. The zero-order chi connectivity index (χ0) is 24.2. The van der Waals surface area contributed by atoms with Gasteiger partial charge in [-0.3, -0.25) is 10.1 Å². The molecule has 176 valence electrons. The van der Waals surface area contributed by atoms with Crippen LogP contribution in [0.1, 0.15) is 25.8 Å². The van der Waals surface area contributed by atoms with Gasteiger partial charge >= 0.3 is 12.1 Å². The maximum atomic E-state index is 14.5. The number of amides is 1. The molecule has 1 aliphatic heterocycles. The van der Waals surface area contributed by atoms with Crippen LogP contribution < -0.4 is 10.6 Å². The molecule has 1 amide bonds. The Labute approximate surface area is 196 Å². The number of carbonyl (C=O) groups excluding carboxylic acids is 2. The summed E-state index contributed by atoms with van der Waals surface area (Å²) in [5.41, 5.74) is -5.18. The molecule has 32 heavy (non-hydrogen) atoms. The van der Waals surface area contributed by atoms with Crippen molar-refractivity contribution in [3.05, 3.63) is 34.3 Å². The number of esters is 1. The number of methoxy groups -OCH3 is 1. The van der Waals surface area contributed by atoms with Crippen LogP contribution in [0.3, 0.4) is 0 Å². The Morgan fingerprint density at radius 2 is 1.91 bits per heavy atom. The van der Waals surface area contributed by atoms with E-state index in [1.54, 1.807) is 0 Å². The molecule has 1 aromatic rings. The SMILES string of the molecule is COC(=O)[C@@H]1CSCC#C[C@](c2ccc(Br)cc2)(C(F)(F)F)N[C@@H](CC(C)(C)F)C(=O)N1. The van der Waals surface area contributed by atoms with Crippen molar-refractivity contribution >= 4 is 39.6 Å². The Hall–Kier alpha value is -1.77. The van der Waals surface area contributed by atoms with Crippen LogP contribution in [-0.2, 0) is 19.9 Å². The van der Waals surface area contributed by atoms with Gasteiger partial charge in [0.05, 0.1) is 18.9 Å². The number of hydrogen-bond acceptors (Lipinski definition) is 5. The van der Waals surface area contributed by atoms with E-state index in [0.717, 1.165) is 32.7 Å². The first kappa shape index (κ1) is 26.5. The molecule has 0 fully saturated rings. The van der Waals surface area contributed by atoms with Crippen molar-refractivity contribution in [2.24, 2.45) is 0 Å². The molecule has 0 spiro atoms. The fourth-order valence-electron chi connectivity index (χ4n) is 3.14. The molecule has 1 heterocycles. The summed E-state index contributed by atoms with van der Waals surface area (Å²) in [7, 11) is 1.13. The molecule has 0 bridgehead atoms. The lowest BCUT2D eigenvalue weighted by atomic mass is 9.87. The maximum absolute atomic E-state index is 14.5. The van der Waals surface area contributed by atoms with E-state index in [2.05, 4.69) is 43.1 Å². The fraction of sp³-hybridized carbons (Fsp3) is 0.524. The molecular formula is C21H23BrF4N2O3S. The summed E-state index contributed by atoms with van der Waals surface area (Å²) in [5, 5.41) is 4.69. The molecule has 0 aliphatic carbocycles. The summed E-state index contributed by atoms with van der Waals surface area (Å²) in [6, 6.07) is 2.56. The lowest BCUT2D eigenvalue weighted by molar-refractivity contribution is -0.185. The van der Waals surface area contributed by atoms with Gasteiger partial charge in [0.15, 0.2) is 0 Å². The van der Waals surface area contributed by atoms with Crippen LogP contribution in [0.2, 0.25) is 0 Å². The van der Waals surface area contributed by atoms with E-state index in [4.69, 9.17) is 0 Å². The van der Waals surface area contributed by atoms with Crippen LogP contribution in [0.15, 0.2) is 28.7 Å². The molecule has 0 unspecified atom stereocenters. The molecule has 11 heteroatoms. The Bertz CT molecular complexity index is 894. The number of benzene rings is 1. The molecule has 5 nitrogen and oxygen atoms in total. The van der Waals surface area contributed by atoms with Crippen molar-refractivity contribution in [1.82, 2.24) is 10.6 Å². The lowest BCUT2D eigenvalue weighted by Gasteiger charge is -2.37. The van der Waals surface area contributed by atoms with E-state index in [-0.39, 0.29) is 17.1 Å². The number of ether oxygens (including phenoxy) is 1. The number of alkyl halides is 4. The smallest absolute Gasteiger partial charge is 0.422 e. The summed E-state index contributed by atoms with van der Waals surface area (Å²) in [5.74, 6) is 3.06. The lowest BCUT2D eigenvalue weighted by Crippen LogP contribution is -2.62. The average Bonchev–Trinajstić information content (AvgIpc) is 2.71. The molecule has 1 aliphatic rings. The predicted molar refractivity (Wildman–Crippen MR) is 118 cm³/mol. The van der Waals surface area contributed by atoms with Gasteiger partial charge in [0.2, 0.25) is 11.4 Å². The topological polar surface area (TPSA) is 67.4 Å². The second-order valence-corrected chi connectivity index (χ2v) is 9.72. The van der Waals surface area contributed by atoms with E-state index in [0.29, 0.717) is 4.47 Å². The highest BCUT2D eigenvalue weighted by Gasteiger charge is 2.57. The van der Waals surface area contributed by atoms with Crippen molar-refractivity contribution in [3.63, 3.8) is 0 Å². The van der Waals surface area contributed by atoms with Crippen molar-refractivity contribution in [2.45, 2.75) is 49.7 Å². The molecule has 0 aromatic heterocycles. The minimum absolute atomic E-state index is 0.0291. The van der Waals surface area contributed by atoms with Gasteiger partial charge < -0.3 is 10.1 Å². The van der Waals surface area contributed by atoms with Gasteiger partial charge in [0, 0.05) is 16.6 Å². The number of hydrogen-bond donors (Lipinski definition) is 2. The normalized spacial score (nSPS) is 25.1. The Balaban J connectivity index is 2.63. The maximum Gasteiger partial charge on any atom is 0.422 e. The molecule has 0 radical (unpaired) electrons. The van der Waals surface area contributed by atoms with Gasteiger partial charge in [-0.05, 0) is 31.5 Å². The van der Waals surface area contributed by atoms with Gasteiger partial charge in [-0.15, -0.1) is 11.8 Å². The van der Waals surface area contributed by atoms with Crippen LogP contribution in [0.4, 0.5) is 17.6 Å². The quantitative estimate of drug-likeness (QED) is 0.347. The monoisotopic (exact) mass is 538 g/mol. The van der Waals surface area contributed by atoms with Gasteiger partial charge in [0.1, 0.15) is 11.7 Å². The second-order valence-electron chi connectivity index (χ2n) is 7.78. The average molecular weight is 539 g/mol. The Morgan fingerprint density at radius 3 is 2.44 bits per heavy atom. The number of thioether (sulfide) groups is 1. The van der Waals surface area contributed by atoms with E-state index < -0.39 is 47.8 Å². The number of nitrogens with one attached hydrogen (secondary N) is 2. The summed E-state index contributed by atoms with van der Waals surface area (Å²) >= 11 is 4.26. The van der Waals surface area contributed by atoms with Gasteiger partial charge in [-0.25, -0.2) is 9.18 Å². The van der Waals surface area contributed by atoms with Crippen LogP contribution in [0, 0.1) is 11.8 Å². The molecule has 0 saturated heterocycles. The highest BCUT2D eigenvalue weighted by atomic mass is 79.9. The standard InChI is InChI=1S/C21H23BrF4N2O3S/c1-19(2,23)11-15-17(29)27-16(18(30)31-3)12-32-10-4-9-20(28-15,21(24,25)26)13-5-7-14(22)8-6-13/h5-8,15-16,28H,10-12H2,1-3H3,(H,27,29)/t15-,16-,20-/m0/s1. The molecular weight excluding hydrogens is 516 g/mol. The van der Waals surface area contributed by atoms with Crippen LogP contribution in [0.25, 0.3) is 0 Å². The number of rotatable bonds is 4. The highest BCUT2D eigenvalue weighted by molar-refractivity contribution is 9.10. The Morgan fingerprint density at radius 1 is 1.28 bits per heavy atom. The third kappa shape index (κ3) is 6.62. The number of carbonyl (C=O) groups is 2. The highest BCUT2D eigenvalue weighted by Crippen LogP contribution is 2.40. The van der Waals surface area contributed by atoms with E-state index >= 15 is 0 Å². The van der Waals surface area contributed by atoms with Crippen molar-refractivity contribution in [2.75, 3.05) is 18.6 Å². The second kappa shape index (κ2) is 10.4. The van der Waals surface area contributed by atoms with Crippen molar-refractivity contribution < 1.29 is 31.9 Å². The van der Waals surface area contributed by atoms with E-state index in [9.17, 15) is 27.2 Å². The molecule has 2 rings (SSSR count). The minimum atomic E-state index is -4.95. The first-order valence-corrected chi connectivity index (χ1v) is 11.5. The van der Waals surface area contributed by atoms with Gasteiger partial charge in [0.25, 0.3) is 0 Å². The molecule has 2 N–H and O–H groups in total. The van der Waals surface area contributed by atoms with Crippen LogP contribution >= 0.6 is 27.7 Å². The van der Waals surface area contributed by atoms with Gasteiger partial charge in [-0.1, -0.05) is 39.9 Å². The summed E-state index contributed by atoms with van der Waals surface area (Å²) in [6.07, 6.45) is -5.54. The zero-order valence-corrected chi connectivity index (χ0v) is 20.0. The fourth-order valence-corrected chi connectivity index (χ4v) is 4.16. The van der Waals surface area contributed by atoms with Crippen molar-refractivity contribution in [3.8, 4) is 11.8 Å². The third-order valence-electron chi connectivity index (χ3n) is 4.64.